The summed E-state index contributed by atoms with van der Waals surface area (Å²) in [5.41, 5.74) is 2.36. The smallest absolute Gasteiger partial charge is 0.168 e. The number of methoxy groups -OCH3 is 2. The fraction of sp³-hybridized carbons (Fsp3) is 0.526. The molecule has 2 rings (SSSR count). The second-order valence-electron chi connectivity index (χ2n) is 6.79. The van der Waals surface area contributed by atoms with Crippen LogP contribution in [0.4, 0.5) is 0 Å². The molecule has 0 aromatic heterocycles. The van der Waals surface area contributed by atoms with Gasteiger partial charge in [-0.3, -0.25) is 4.79 Å². The maximum Gasteiger partial charge on any atom is 0.168 e. The van der Waals surface area contributed by atoms with Crippen molar-refractivity contribution >= 4 is 11.4 Å². The fourth-order valence-corrected chi connectivity index (χ4v) is 3.04. The zero-order valence-corrected chi connectivity index (χ0v) is 14.4. The third-order valence-electron chi connectivity index (χ3n) is 4.44. The zero-order valence-electron chi connectivity index (χ0n) is 14.4. The second-order valence-corrected chi connectivity index (χ2v) is 6.79. The lowest BCUT2D eigenvalue weighted by molar-refractivity contribution is -0.121. The highest BCUT2D eigenvalue weighted by Gasteiger charge is 2.35. The van der Waals surface area contributed by atoms with Gasteiger partial charge in [0.2, 0.25) is 0 Å². The SMILES string of the molecule is COc1c(C2=CCCC(C)(C)C2=O)ccc(C(C)C)c1OC. The van der Waals surface area contributed by atoms with E-state index in [1.807, 2.05) is 32.1 Å². The van der Waals surface area contributed by atoms with E-state index in [1.54, 1.807) is 14.2 Å². The molecule has 3 heteroatoms. The number of ether oxygens (including phenoxy) is 2. The molecule has 22 heavy (non-hydrogen) atoms. The highest BCUT2D eigenvalue weighted by atomic mass is 16.5. The van der Waals surface area contributed by atoms with E-state index in [2.05, 4.69) is 13.8 Å². The Kier molecular flexibility index (Phi) is 4.64. The summed E-state index contributed by atoms with van der Waals surface area (Å²) in [6.07, 6.45) is 3.82. The summed E-state index contributed by atoms with van der Waals surface area (Å²) in [6, 6.07) is 4.03. The molecule has 0 spiro atoms. The summed E-state index contributed by atoms with van der Waals surface area (Å²) in [5, 5.41) is 0. The molecule has 0 saturated heterocycles. The van der Waals surface area contributed by atoms with Gasteiger partial charge in [0, 0.05) is 22.1 Å². The Morgan fingerprint density at radius 1 is 1.09 bits per heavy atom. The normalized spacial score (nSPS) is 17.4. The zero-order chi connectivity index (χ0) is 16.5. The molecule has 0 heterocycles. The minimum Gasteiger partial charge on any atom is -0.493 e. The molecule has 1 aliphatic rings. The first-order chi connectivity index (χ1) is 10.3. The van der Waals surface area contributed by atoms with Gasteiger partial charge in [0.1, 0.15) is 0 Å². The fourth-order valence-electron chi connectivity index (χ4n) is 3.04. The van der Waals surface area contributed by atoms with E-state index in [0.717, 1.165) is 35.3 Å². The van der Waals surface area contributed by atoms with Crippen molar-refractivity contribution in [2.75, 3.05) is 14.2 Å². The highest BCUT2D eigenvalue weighted by molar-refractivity contribution is 6.24. The standard InChI is InChI=1S/C19H26O3/c1-12(2)13-9-10-14(17(22-6)16(13)21-5)15-8-7-11-19(3,4)18(15)20/h8-10,12H,7,11H2,1-6H3. The molecule has 1 aromatic carbocycles. The van der Waals surface area contributed by atoms with E-state index in [4.69, 9.17) is 9.47 Å². The summed E-state index contributed by atoms with van der Waals surface area (Å²) >= 11 is 0. The van der Waals surface area contributed by atoms with Crippen molar-refractivity contribution in [2.24, 2.45) is 5.41 Å². The van der Waals surface area contributed by atoms with Crippen molar-refractivity contribution in [3.05, 3.63) is 29.3 Å². The lowest BCUT2D eigenvalue weighted by Crippen LogP contribution is -2.28. The lowest BCUT2D eigenvalue weighted by atomic mass is 9.74. The van der Waals surface area contributed by atoms with Gasteiger partial charge in [-0.1, -0.05) is 39.8 Å². The van der Waals surface area contributed by atoms with Crippen LogP contribution < -0.4 is 9.47 Å². The first-order valence-electron chi connectivity index (χ1n) is 7.83. The van der Waals surface area contributed by atoms with Crippen LogP contribution in [-0.4, -0.2) is 20.0 Å². The number of benzene rings is 1. The van der Waals surface area contributed by atoms with Crippen LogP contribution in [-0.2, 0) is 4.79 Å². The molecule has 0 aliphatic heterocycles. The minimum atomic E-state index is -0.320. The van der Waals surface area contributed by atoms with E-state index < -0.39 is 0 Å². The molecule has 3 nitrogen and oxygen atoms in total. The predicted octanol–water partition coefficient (Wildman–Crippen LogP) is 4.60. The number of allylic oxidation sites excluding steroid dienone is 2. The van der Waals surface area contributed by atoms with Crippen LogP contribution in [0.1, 0.15) is 57.6 Å². The molecule has 0 saturated carbocycles. The van der Waals surface area contributed by atoms with Gasteiger partial charge in [0.25, 0.3) is 0 Å². The number of rotatable bonds is 4. The molecule has 0 atom stereocenters. The van der Waals surface area contributed by atoms with Crippen LogP contribution in [0, 0.1) is 5.41 Å². The van der Waals surface area contributed by atoms with E-state index in [0.29, 0.717) is 11.7 Å². The van der Waals surface area contributed by atoms with Crippen LogP contribution in [0.2, 0.25) is 0 Å². The summed E-state index contributed by atoms with van der Waals surface area (Å²) in [6.45, 7) is 8.25. The number of Topliss-reactive ketones (excluding diaryl/α,β-unsaturated/α-hetero) is 1. The maximum absolute atomic E-state index is 12.8. The van der Waals surface area contributed by atoms with Crippen molar-refractivity contribution in [3.8, 4) is 11.5 Å². The van der Waals surface area contributed by atoms with Crippen molar-refractivity contribution in [3.63, 3.8) is 0 Å². The number of carbonyl (C=O) groups excluding carboxylic acids is 1. The summed E-state index contributed by atoms with van der Waals surface area (Å²) in [7, 11) is 3.28. The van der Waals surface area contributed by atoms with Crippen molar-refractivity contribution in [1.29, 1.82) is 0 Å². The highest BCUT2D eigenvalue weighted by Crippen LogP contribution is 2.44. The molecule has 0 radical (unpaired) electrons. The van der Waals surface area contributed by atoms with Gasteiger partial charge in [-0.25, -0.2) is 0 Å². The molecule has 0 amide bonds. The minimum absolute atomic E-state index is 0.177. The molecule has 0 bridgehead atoms. The van der Waals surface area contributed by atoms with Gasteiger partial charge in [-0.15, -0.1) is 0 Å². The topological polar surface area (TPSA) is 35.5 Å². The van der Waals surface area contributed by atoms with Gasteiger partial charge in [0.15, 0.2) is 17.3 Å². The average molecular weight is 302 g/mol. The van der Waals surface area contributed by atoms with Gasteiger partial charge in [0.05, 0.1) is 14.2 Å². The Morgan fingerprint density at radius 2 is 1.73 bits per heavy atom. The first kappa shape index (κ1) is 16.6. The Balaban J connectivity index is 2.62. The average Bonchev–Trinajstić information content (AvgIpc) is 2.48. The largest absolute Gasteiger partial charge is 0.493 e. The Morgan fingerprint density at radius 3 is 2.27 bits per heavy atom. The second kappa shape index (κ2) is 6.15. The lowest BCUT2D eigenvalue weighted by Gasteiger charge is -2.29. The third-order valence-corrected chi connectivity index (χ3v) is 4.44. The Hall–Kier alpha value is -1.77. The van der Waals surface area contributed by atoms with Crippen LogP contribution in [0.5, 0.6) is 11.5 Å². The summed E-state index contributed by atoms with van der Waals surface area (Å²) in [4.78, 5) is 12.8. The van der Waals surface area contributed by atoms with E-state index in [1.165, 1.54) is 0 Å². The number of hydrogen-bond acceptors (Lipinski definition) is 3. The predicted molar refractivity (Wildman–Crippen MR) is 89.6 cm³/mol. The van der Waals surface area contributed by atoms with Gasteiger partial charge < -0.3 is 9.47 Å². The van der Waals surface area contributed by atoms with E-state index >= 15 is 0 Å². The van der Waals surface area contributed by atoms with Crippen molar-refractivity contribution < 1.29 is 14.3 Å². The quantitative estimate of drug-likeness (QED) is 0.815. The Bertz CT molecular complexity index is 609. The van der Waals surface area contributed by atoms with Crippen LogP contribution >= 0.6 is 0 Å². The van der Waals surface area contributed by atoms with Crippen molar-refractivity contribution in [1.82, 2.24) is 0 Å². The first-order valence-corrected chi connectivity index (χ1v) is 7.83. The van der Waals surface area contributed by atoms with E-state index in [9.17, 15) is 4.79 Å². The summed E-state index contributed by atoms with van der Waals surface area (Å²) < 4.78 is 11.2. The summed E-state index contributed by atoms with van der Waals surface area (Å²) in [5.74, 6) is 1.89. The Labute approximate surface area is 133 Å². The molecule has 1 aromatic rings. The molecule has 1 aliphatic carbocycles. The maximum atomic E-state index is 12.8. The monoisotopic (exact) mass is 302 g/mol. The molecule has 0 N–H and O–H groups in total. The van der Waals surface area contributed by atoms with Crippen LogP contribution in [0.25, 0.3) is 5.57 Å². The molecular formula is C19H26O3. The van der Waals surface area contributed by atoms with Crippen molar-refractivity contribution in [2.45, 2.75) is 46.5 Å². The number of ketones is 1. The third kappa shape index (κ3) is 2.77. The molecule has 0 fully saturated rings. The van der Waals surface area contributed by atoms with Gasteiger partial charge in [-0.2, -0.15) is 0 Å². The van der Waals surface area contributed by atoms with Gasteiger partial charge >= 0.3 is 0 Å². The number of carbonyl (C=O) groups is 1. The molecule has 0 unspecified atom stereocenters. The number of hydrogen-bond donors (Lipinski definition) is 0. The van der Waals surface area contributed by atoms with Crippen LogP contribution in [0.3, 0.4) is 0 Å². The molecular weight excluding hydrogens is 276 g/mol. The molecule has 120 valence electrons. The van der Waals surface area contributed by atoms with E-state index in [-0.39, 0.29) is 11.2 Å². The van der Waals surface area contributed by atoms with Gasteiger partial charge in [-0.05, 0) is 24.8 Å². The van der Waals surface area contributed by atoms with Crippen LogP contribution in [0.15, 0.2) is 18.2 Å².